The zero-order valence-electron chi connectivity index (χ0n) is 22.6. The summed E-state index contributed by atoms with van der Waals surface area (Å²) in [6.07, 6.45) is 4.34. The first kappa shape index (κ1) is 26.8. The number of hydrazone groups is 1. The molecular formula is C28H28F3N7O3. The molecule has 0 saturated carbocycles. The molecule has 3 aliphatic heterocycles. The summed E-state index contributed by atoms with van der Waals surface area (Å²) in [6.45, 7) is 5.29. The molecule has 2 aromatic heterocycles. The van der Waals surface area contributed by atoms with Crippen LogP contribution in [0.25, 0.3) is 5.82 Å². The van der Waals surface area contributed by atoms with Crippen molar-refractivity contribution in [3.8, 4) is 11.6 Å². The molecule has 3 aromatic rings. The molecule has 0 bridgehead atoms. The number of nitrogens with zero attached hydrogens (tertiary/aromatic N) is 7. The van der Waals surface area contributed by atoms with Crippen LogP contribution in [0.3, 0.4) is 0 Å². The van der Waals surface area contributed by atoms with Gasteiger partial charge in [0.25, 0.3) is 5.91 Å². The average molecular weight is 568 g/mol. The molecule has 0 N–H and O–H groups in total. The molecule has 10 nitrogen and oxygen atoms in total. The normalized spacial score (nSPS) is 18.8. The Morgan fingerprint density at radius 3 is 2.39 bits per heavy atom. The SMILES string of the molecule is Cc1nn(-c2cc(OC3CN(C(=O)N4N=CC[C@H]4c4cc(F)cc(F)c4)C3)c(F)cn2)c(C)c1C(=O)N1CCCC1. The largest absolute Gasteiger partial charge is 0.483 e. The Labute approximate surface area is 234 Å². The number of carbonyl (C=O) groups is 2. The quantitative estimate of drug-likeness (QED) is 0.462. The summed E-state index contributed by atoms with van der Waals surface area (Å²) < 4.78 is 49.5. The van der Waals surface area contributed by atoms with Crippen LogP contribution >= 0.6 is 0 Å². The smallest absolute Gasteiger partial charge is 0.341 e. The molecule has 13 heteroatoms. The van der Waals surface area contributed by atoms with Crippen molar-refractivity contribution in [2.24, 2.45) is 5.10 Å². The van der Waals surface area contributed by atoms with Gasteiger partial charge in [-0.25, -0.2) is 32.6 Å². The van der Waals surface area contributed by atoms with E-state index >= 15 is 0 Å². The van der Waals surface area contributed by atoms with Crippen molar-refractivity contribution < 1.29 is 27.5 Å². The van der Waals surface area contributed by atoms with E-state index in [0.29, 0.717) is 47.8 Å². The molecule has 0 unspecified atom stereocenters. The van der Waals surface area contributed by atoms with E-state index in [1.165, 1.54) is 39.0 Å². The van der Waals surface area contributed by atoms with Gasteiger partial charge in [0.05, 0.1) is 42.3 Å². The van der Waals surface area contributed by atoms with Crippen LogP contribution in [0.15, 0.2) is 35.6 Å². The van der Waals surface area contributed by atoms with Crippen molar-refractivity contribution in [2.75, 3.05) is 26.2 Å². The molecule has 6 rings (SSSR count). The summed E-state index contributed by atoms with van der Waals surface area (Å²) in [5.41, 5.74) is 1.98. The highest BCUT2D eigenvalue weighted by molar-refractivity contribution is 5.96. The molecule has 1 atom stereocenters. The van der Waals surface area contributed by atoms with Crippen LogP contribution in [-0.4, -0.2) is 80.0 Å². The van der Waals surface area contributed by atoms with Gasteiger partial charge in [-0.2, -0.15) is 10.2 Å². The second-order valence-electron chi connectivity index (χ2n) is 10.5. The number of hydrogen-bond acceptors (Lipinski definition) is 6. The number of halogens is 3. The van der Waals surface area contributed by atoms with Gasteiger partial charge in [-0.15, -0.1) is 0 Å². The van der Waals surface area contributed by atoms with Gasteiger partial charge in [0.15, 0.2) is 17.4 Å². The second kappa shape index (κ2) is 10.5. The maximum atomic E-state index is 14.7. The fourth-order valence-electron chi connectivity index (χ4n) is 5.51. The molecule has 3 amide bonds. The zero-order valence-corrected chi connectivity index (χ0v) is 22.6. The van der Waals surface area contributed by atoms with Crippen molar-refractivity contribution in [1.29, 1.82) is 0 Å². The minimum Gasteiger partial charge on any atom is -0.483 e. The molecule has 5 heterocycles. The van der Waals surface area contributed by atoms with Gasteiger partial charge in [0.2, 0.25) is 0 Å². The van der Waals surface area contributed by atoms with E-state index in [1.807, 2.05) is 4.90 Å². The molecule has 1 aromatic carbocycles. The third-order valence-electron chi connectivity index (χ3n) is 7.63. The van der Waals surface area contributed by atoms with Gasteiger partial charge >= 0.3 is 6.03 Å². The number of urea groups is 1. The van der Waals surface area contributed by atoms with E-state index < -0.39 is 35.6 Å². The number of likely N-dealkylation sites (tertiary alicyclic amines) is 2. The third kappa shape index (κ3) is 5.00. The highest BCUT2D eigenvalue weighted by Crippen LogP contribution is 2.32. The summed E-state index contributed by atoms with van der Waals surface area (Å²) in [7, 11) is 0. The van der Waals surface area contributed by atoms with E-state index in [-0.39, 0.29) is 24.7 Å². The van der Waals surface area contributed by atoms with Gasteiger partial charge in [0, 0.05) is 37.9 Å². The molecule has 3 aliphatic rings. The van der Waals surface area contributed by atoms with Crippen LogP contribution < -0.4 is 4.74 Å². The van der Waals surface area contributed by atoms with Gasteiger partial charge < -0.3 is 14.5 Å². The number of aromatic nitrogens is 3. The van der Waals surface area contributed by atoms with Crippen molar-refractivity contribution in [1.82, 2.24) is 29.6 Å². The lowest BCUT2D eigenvalue weighted by atomic mass is 10.0. The Morgan fingerprint density at radius 2 is 1.68 bits per heavy atom. The Kier molecular flexibility index (Phi) is 6.88. The number of aryl methyl sites for hydroxylation is 1. The van der Waals surface area contributed by atoms with Crippen LogP contribution in [0, 0.1) is 31.3 Å². The van der Waals surface area contributed by atoms with E-state index in [0.717, 1.165) is 25.1 Å². The lowest BCUT2D eigenvalue weighted by Gasteiger charge is -2.41. The number of pyridine rings is 1. The standard InChI is InChI=1S/C28H28F3N7O3/c1-16-26(27(39)35-7-3-4-8-35)17(2)37(34-16)25-12-24(22(31)13-32-25)41-21-14-36(15-21)28(40)38-23(5-6-33-38)18-9-19(29)11-20(30)10-18/h6,9-13,21,23H,3-5,7-8,14-15H2,1-2H3/t23-/m0/s1. The first-order valence-electron chi connectivity index (χ1n) is 13.4. The summed E-state index contributed by atoms with van der Waals surface area (Å²) in [4.78, 5) is 33.6. The van der Waals surface area contributed by atoms with Crippen LogP contribution in [0.2, 0.25) is 0 Å². The third-order valence-corrected chi connectivity index (χ3v) is 7.63. The summed E-state index contributed by atoms with van der Waals surface area (Å²) in [5.74, 6) is -1.97. The molecule has 2 saturated heterocycles. The highest BCUT2D eigenvalue weighted by Gasteiger charge is 2.39. The van der Waals surface area contributed by atoms with Crippen molar-refractivity contribution >= 4 is 18.2 Å². The minimum atomic E-state index is -0.731. The molecule has 41 heavy (non-hydrogen) atoms. The fourth-order valence-corrected chi connectivity index (χ4v) is 5.51. The van der Waals surface area contributed by atoms with Crippen molar-refractivity contribution in [3.05, 3.63) is 70.4 Å². The summed E-state index contributed by atoms with van der Waals surface area (Å²) in [6, 6.07) is 3.49. The van der Waals surface area contributed by atoms with E-state index in [4.69, 9.17) is 4.74 Å². The summed E-state index contributed by atoms with van der Waals surface area (Å²) in [5, 5.41) is 9.79. The van der Waals surface area contributed by atoms with Gasteiger partial charge in [-0.05, 0) is 44.4 Å². The Bertz CT molecular complexity index is 1530. The molecule has 2 fully saturated rings. The maximum absolute atomic E-state index is 14.7. The second-order valence-corrected chi connectivity index (χ2v) is 10.5. The number of amides is 3. The van der Waals surface area contributed by atoms with E-state index in [1.54, 1.807) is 13.8 Å². The van der Waals surface area contributed by atoms with Crippen LogP contribution in [0.4, 0.5) is 18.0 Å². The van der Waals surface area contributed by atoms with E-state index in [9.17, 15) is 22.8 Å². The molecule has 0 aliphatic carbocycles. The number of ether oxygens (including phenoxy) is 1. The van der Waals surface area contributed by atoms with Crippen LogP contribution in [0.1, 0.15) is 52.6 Å². The number of rotatable bonds is 5. The summed E-state index contributed by atoms with van der Waals surface area (Å²) >= 11 is 0. The Morgan fingerprint density at radius 1 is 0.976 bits per heavy atom. The number of benzene rings is 1. The lowest BCUT2D eigenvalue weighted by molar-refractivity contribution is 0.0256. The first-order chi connectivity index (χ1) is 19.7. The first-order valence-corrected chi connectivity index (χ1v) is 13.4. The average Bonchev–Trinajstić information content (AvgIpc) is 3.67. The maximum Gasteiger partial charge on any atom is 0.341 e. The van der Waals surface area contributed by atoms with Gasteiger partial charge in [0.1, 0.15) is 17.7 Å². The van der Waals surface area contributed by atoms with Crippen LogP contribution in [0.5, 0.6) is 5.75 Å². The predicted molar refractivity (Wildman–Crippen MR) is 141 cm³/mol. The number of hydrogen-bond donors (Lipinski definition) is 0. The number of carbonyl (C=O) groups excluding carboxylic acids is 2. The van der Waals surface area contributed by atoms with Crippen molar-refractivity contribution in [3.63, 3.8) is 0 Å². The van der Waals surface area contributed by atoms with Gasteiger partial charge in [-0.3, -0.25) is 4.79 Å². The van der Waals surface area contributed by atoms with Gasteiger partial charge in [-0.1, -0.05) is 0 Å². The molecular weight excluding hydrogens is 539 g/mol. The zero-order chi connectivity index (χ0) is 28.8. The minimum absolute atomic E-state index is 0.0561. The van der Waals surface area contributed by atoms with Crippen molar-refractivity contribution in [2.45, 2.75) is 45.3 Å². The highest BCUT2D eigenvalue weighted by atomic mass is 19.1. The Balaban J connectivity index is 1.13. The lowest BCUT2D eigenvalue weighted by Crippen LogP contribution is -2.58. The van der Waals surface area contributed by atoms with E-state index in [2.05, 4.69) is 15.2 Å². The fraction of sp³-hybridized carbons (Fsp3) is 0.393. The monoisotopic (exact) mass is 567 g/mol. The Hall–Kier alpha value is -4.42. The molecule has 0 radical (unpaired) electrons. The molecule has 0 spiro atoms. The molecule has 214 valence electrons. The topological polar surface area (TPSA) is 96.2 Å². The van der Waals surface area contributed by atoms with Crippen LogP contribution in [-0.2, 0) is 0 Å². The predicted octanol–water partition coefficient (Wildman–Crippen LogP) is 4.15.